The molecule has 0 aliphatic heterocycles. The molecule has 2 aromatic rings. The molecule has 0 radical (unpaired) electrons. The molecular formula is C16H16O3. The summed E-state index contributed by atoms with van der Waals surface area (Å²) in [6.45, 7) is 1.96. The van der Waals surface area contributed by atoms with Gasteiger partial charge in [0.2, 0.25) is 0 Å². The van der Waals surface area contributed by atoms with Gasteiger partial charge < -0.3 is 9.47 Å². The third-order valence-electron chi connectivity index (χ3n) is 2.93. The molecule has 0 saturated heterocycles. The monoisotopic (exact) mass is 256 g/mol. The van der Waals surface area contributed by atoms with E-state index in [4.69, 9.17) is 9.47 Å². The summed E-state index contributed by atoms with van der Waals surface area (Å²) in [7, 11) is 3.12. The smallest absolute Gasteiger partial charge is 0.193 e. The average Bonchev–Trinajstić information content (AvgIpc) is 2.45. The van der Waals surface area contributed by atoms with Gasteiger partial charge in [0.15, 0.2) is 17.3 Å². The number of methoxy groups -OCH3 is 2. The largest absolute Gasteiger partial charge is 0.493 e. The normalized spacial score (nSPS) is 10.1. The molecule has 0 aliphatic carbocycles. The van der Waals surface area contributed by atoms with Crippen LogP contribution in [0.3, 0.4) is 0 Å². The molecule has 0 spiro atoms. The van der Waals surface area contributed by atoms with Crippen LogP contribution in [0.4, 0.5) is 0 Å². The summed E-state index contributed by atoms with van der Waals surface area (Å²) in [5.74, 6) is 1.15. The molecule has 98 valence electrons. The predicted octanol–water partition coefficient (Wildman–Crippen LogP) is 3.24. The van der Waals surface area contributed by atoms with E-state index in [0.29, 0.717) is 22.6 Å². The fourth-order valence-corrected chi connectivity index (χ4v) is 1.93. The Hall–Kier alpha value is -2.29. The van der Waals surface area contributed by atoms with E-state index in [1.54, 1.807) is 32.4 Å². The maximum atomic E-state index is 12.4. The second kappa shape index (κ2) is 5.57. The molecule has 3 heteroatoms. The first-order valence-electron chi connectivity index (χ1n) is 5.99. The lowest BCUT2D eigenvalue weighted by Gasteiger charge is -2.09. The molecule has 0 saturated carbocycles. The fraction of sp³-hybridized carbons (Fsp3) is 0.188. The van der Waals surface area contributed by atoms with Gasteiger partial charge in [0.25, 0.3) is 0 Å². The molecule has 0 amide bonds. The minimum absolute atomic E-state index is 0.0235. The number of carbonyl (C=O) groups is 1. The molecule has 0 aliphatic rings. The summed E-state index contributed by atoms with van der Waals surface area (Å²) >= 11 is 0. The van der Waals surface area contributed by atoms with Crippen LogP contribution in [0, 0.1) is 6.92 Å². The van der Waals surface area contributed by atoms with Gasteiger partial charge in [-0.15, -0.1) is 0 Å². The van der Waals surface area contributed by atoms with Gasteiger partial charge in [-0.2, -0.15) is 0 Å². The van der Waals surface area contributed by atoms with Crippen molar-refractivity contribution in [2.24, 2.45) is 0 Å². The van der Waals surface area contributed by atoms with Gasteiger partial charge in [0, 0.05) is 11.1 Å². The number of ether oxygens (including phenoxy) is 2. The zero-order valence-electron chi connectivity index (χ0n) is 11.3. The number of hydrogen-bond acceptors (Lipinski definition) is 3. The maximum absolute atomic E-state index is 12.4. The summed E-state index contributed by atoms with van der Waals surface area (Å²) in [5.41, 5.74) is 2.32. The fourth-order valence-electron chi connectivity index (χ4n) is 1.93. The Labute approximate surface area is 112 Å². The Morgan fingerprint density at radius 3 is 2.21 bits per heavy atom. The molecule has 0 aromatic heterocycles. The number of aryl methyl sites for hydroxylation is 1. The first-order valence-corrected chi connectivity index (χ1v) is 5.99. The highest BCUT2D eigenvalue weighted by Crippen LogP contribution is 2.28. The highest BCUT2D eigenvalue weighted by molar-refractivity contribution is 6.09. The van der Waals surface area contributed by atoms with Gasteiger partial charge in [0.1, 0.15) is 0 Å². The molecule has 2 aromatic carbocycles. The van der Waals surface area contributed by atoms with Crippen LogP contribution in [0.25, 0.3) is 0 Å². The Kier molecular flexibility index (Phi) is 3.85. The van der Waals surface area contributed by atoms with E-state index in [0.717, 1.165) is 5.56 Å². The summed E-state index contributed by atoms with van der Waals surface area (Å²) in [4.78, 5) is 12.4. The Morgan fingerprint density at radius 1 is 0.895 bits per heavy atom. The molecule has 2 rings (SSSR count). The van der Waals surface area contributed by atoms with Crippen LogP contribution in [0.5, 0.6) is 11.5 Å². The van der Waals surface area contributed by atoms with Crippen LogP contribution in [0.15, 0.2) is 42.5 Å². The highest BCUT2D eigenvalue weighted by Gasteiger charge is 2.12. The van der Waals surface area contributed by atoms with E-state index in [9.17, 15) is 4.79 Å². The van der Waals surface area contributed by atoms with Gasteiger partial charge in [-0.25, -0.2) is 0 Å². The topological polar surface area (TPSA) is 35.5 Å². The highest BCUT2D eigenvalue weighted by atomic mass is 16.5. The first-order chi connectivity index (χ1) is 9.15. The van der Waals surface area contributed by atoms with E-state index in [-0.39, 0.29) is 5.78 Å². The van der Waals surface area contributed by atoms with Gasteiger partial charge in [-0.05, 0) is 31.2 Å². The summed E-state index contributed by atoms with van der Waals surface area (Å²) in [5, 5.41) is 0. The van der Waals surface area contributed by atoms with Crippen molar-refractivity contribution >= 4 is 5.78 Å². The predicted molar refractivity (Wildman–Crippen MR) is 74.2 cm³/mol. The Bertz CT molecular complexity index is 603. The maximum Gasteiger partial charge on any atom is 0.193 e. The Balaban J connectivity index is 2.39. The second-order valence-corrected chi connectivity index (χ2v) is 4.27. The molecule has 0 N–H and O–H groups in total. The van der Waals surface area contributed by atoms with Gasteiger partial charge in [-0.1, -0.05) is 23.8 Å². The summed E-state index contributed by atoms with van der Waals surface area (Å²) in [6, 6.07) is 12.7. The van der Waals surface area contributed by atoms with Crippen LogP contribution >= 0.6 is 0 Å². The van der Waals surface area contributed by atoms with E-state index in [1.165, 1.54) is 0 Å². The lowest BCUT2D eigenvalue weighted by Crippen LogP contribution is -2.02. The summed E-state index contributed by atoms with van der Waals surface area (Å²) < 4.78 is 10.4. The lowest BCUT2D eigenvalue weighted by atomic mass is 10.0. The second-order valence-electron chi connectivity index (χ2n) is 4.27. The number of hydrogen-bond donors (Lipinski definition) is 0. The van der Waals surface area contributed by atoms with Gasteiger partial charge in [-0.3, -0.25) is 4.79 Å². The van der Waals surface area contributed by atoms with E-state index >= 15 is 0 Å². The lowest BCUT2D eigenvalue weighted by molar-refractivity contribution is 0.103. The van der Waals surface area contributed by atoms with Crippen molar-refractivity contribution in [3.05, 3.63) is 59.2 Å². The molecule has 0 bridgehead atoms. The number of carbonyl (C=O) groups excluding carboxylic acids is 1. The van der Waals surface area contributed by atoms with Crippen LogP contribution in [-0.2, 0) is 0 Å². The molecule has 0 heterocycles. The van der Waals surface area contributed by atoms with Gasteiger partial charge >= 0.3 is 0 Å². The van der Waals surface area contributed by atoms with Crippen molar-refractivity contribution in [2.45, 2.75) is 6.92 Å². The van der Waals surface area contributed by atoms with Crippen LogP contribution in [0.2, 0.25) is 0 Å². The van der Waals surface area contributed by atoms with Crippen LogP contribution < -0.4 is 9.47 Å². The number of benzene rings is 2. The van der Waals surface area contributed by atoms with Crippen molar-refractivity contribution in [1.82, 2.24) is 0 Å². The van der Waals surface area contributed by atoms with E-state index in [2.05, 4.69) is 0 Å². The molecular weight excluding hydrogens is 240 g/mol. The van der Waals surface area contributed by atoms with Crippen LogP contribution in [0.1, 0.15) is 21.5 Å². The van der Waals surface area contributed by atoms with E-state index in [1.807, 2.05) is 31.2 Å². The molecule has 0 atom stereocenters. The summed E-state index contributed by atoms with van der Waals surface area (Å²) in [6.07, 6.45) is 0. The molecule has 0 fully saturated rings. The first kappa shape index (κ1) is 13.1. The van der Waals surface area contributed by atoms with Crippen LogP contribution in [-0.4, -0.2) is 20.0 Å². The molecule has 19 heavy (non-hydrogen) atoms. The standard InChI is InChI=1S/C16H16O3/c1-11-5-4-6-12(9-11)16(17)13-7-8-14(18-2)15(10-13)19-3/h4-10H,1-3H3. The van der Waals surface area contributed by atoms with Crippen molar-refractivity contribution in [1.29, 1.82) is 0 Å². The minimum Gasteiger partial charge on any atom is -0.493 e. The third kappa shape index (κ3) is 2.76. The molecule has 3 nitrogen and oxygen atoms in total. The van der Waals surface area contributed by atoms with Crippen molar-refractivity contribution in [3.8, 4) is 11.5 Å². The number of ketones is 1. The third-order valence-corrected chi connectivity index (χ3v) is 2.93. The average molecular weight is 256 g/mol. The number of rotatable bonds is 4. The Morgan fingerprint density at radius 2 is 1.58 bits per heavy atom. The SMILES string of the molecule is COc1ccc(C(=O)c2cccc(C)c2)cc1OC. The quantitative estimate of drug-likeness (QED) is 0.788. The zero-order chi connectivity index (χ0) is 13.8. The van der Waals surface area contributed by atoms with Crippen molar-refractivity contribution < 1.29 is 14.3 Å². The van der Waals surface area contributed by atoms with Crippen molar-refractivity contribution in [3.63, 3.8) is 0 Å². The minimum atomic E-state index is -0.0235. The van der Waals surface area contributed by atoms with E-state index < -0.39 is 0 Å². The molecule has 0 unspecified atom stereocenters. The van der Waals surface area contributed by atoms with Crippen molar-refractivity contribution in [2.75, 3.05) is 14.2 Å². The zero-order valence-corrected chi connectivity index (χ0v) is 11.3. The van der Waals surface area contributed by atoms with Gasteiger partial charge in [0.05, 0.1) is 14.2 Å².